The Bertz CT molecular complexity index is 836. The predicted octanol–water partition coefficient (Wildman–Crippen LogP) is 3.27. The topological polar surface area (TPSA) is 58.6 Å². The first-order chi connectivity index (χ1) is 13.5. The Labute approximate surface area is 168 Å². The fourth-order valence-electron chi connectivity index (χ4n) is 2.88. The molecule has 1 N–H and O–H groups in total. The van der Waals surface area contributed by atoms with Crippen LogP contribution in [0.3, 0.4) is 0 Å². The Balaban J connectivity index is 1.46. The number of amides is 1. The standard InChI is InChI=1S/C21H23FN2O3S/c1-15(25)17-4-7-20(19(22)12-17)28-14-21(26)23-13-16-2-5-18(6-3-16)24-8-10-27-11-9-24/h2-7,12H,8-11,13-14H2,1H3,(H,23,26). The van der Waals surface area contributed by atoms with Gasteiger partial charge in [0.05, 0.1) is 19.0 Å². The number of morpholine rings is 1. The quantitative estimate of drug-likeness (QED) is 0.569. The molecule has 28 heavy (non-hydrogen) atoms. The van der Waals surface area contributed by atoms with E-state index in [1.165, 1.54) is 19.1 Å². The zero-order chi connectivity index (χ0) is 19.9. The molecule has 0 unspecified atom stereocenters. The molecule has 1 aliphatic rings. The lowest BCUT2D eigenvalue weighted by molar-refractivity contribution is -0.118. The summed E-state index contributed by atoms with van der Waals surface area (Å²) in [5.41, 5.74) is 2.48. The Morgan fingerprint density at radius 3 is 2.50 bits per heavy atom. The number of nitrogens with zero attached hydrogens (tertiary/aromatic N) is 1. The third-order valence-electron chi connectivity index (χ3n) is 4.50. The van der Waals surface area contributed by atoms with Crippen LogP contribution in [0.4, 0.5) is 10.1 Å². The van der Waals surface area contributed by atoms with Gasteiger partial charge in [-0.25, -0.2) is 4.39 Å². The molecule has 0 radical (unpaired) electrons. The van der Waals surface area contributed by atoms with Crippen molar-refractivity contribution in [1.29, 1.82) is 0 Å². The maximum atomic E-state index is 14.0. The first kappa shape index (κ1) is 20.4. The Kier molecular flexibility index (Phi) is 7.06. The van der Waals surface area contributed by atoms with Gasteiger partial charge >= 0.3 is 0 Å². The third kappa shape index (κ3) is 5.56. The molecule has 1 amide bonds. The van der Waals surface area contributed by atoms with Crippen LogP contribution in [-0.4, -0.2) is 43.7 Å². The summed E-state index contributed by atoms with van der Waals surface area (Å²) in [7, 11) is 0. The summed E-state index contributed by atoms with van der Waals surface area (Å²) < 4.78 is 19.3. The first-order valence-corrected chi connectivity index (χ1v) is 10.1. The van der Waals surface area contributed by atoms with Crippen molar-refractivity contribution < 1.29 is 18.7 Å². The van der Waals surface area contributed by atoms with Gasteiger partial charge in [-0.15, -0.1) is 11.8 Å². The number of benzene rings is 2. The normalized spacial score (nSPS) is 14.0. The molecule has 1 aliphatic heterocycles. The number of Topliss-reactive ketones (excluding diaryl/α,β-unsaturated/α-hetero) is 1. The van der Waals surface area contributed by atoms with Gasteiger partial charge in [-0.1, -0.05) is 18.2 Å². The zero-order valence-corrected chi connectivity index (χ0v) is 16.6. The van der Waals surface area contributed by atoms with Gasteiger partial charge in [0.25, 0.3) is 0 Å². The monoisotopic (exact) mass is 402 g/mol. The fraction of sp³-hybridized carbons (Fsp3) is 0.333. The van der Waals surface area contributed by atoms with E-state index in [0.717, 1.165) is 49.3 Å². The molecule has 1 heterocycles. The summed E-state index contributed by atoms with van der Waals surface area (Å²) in [4.78, 5) is 25.9. The molecule has 1 saturated heterocycles. The van der Waals surface area contributed by atoms with Crippen molar-refractivity contribution in [2.75, 3.05) is 37.0 Å². The van der Waals surface area contributed by atoms with Gasteiger partial charge in [0, 0.05) is 35.8 Å². The molecule has 2 aromatic rings. The van der Waals surface area contributed by atoms with Crippen LogP contribution >= 0.6 is 11.8 Å². The van der Waals surface area contributed by atoms with E-state index in [1.807, 2.05) is 24.3 Å². The van der Waals surface area contributed by atoms with Gasteiger partial charge in [0.1, 0.15) is 5.82 Å². The maximum Gasteiger partial charge on any atom is 0.230 e. The summed E-state index contributed by atoms with van der Waals surface area (Å²) in [6.07, 6.45) is 0. The average Bonchev–Trinajstić information content (AvgIpc) is 2.72. The Hall–Kier alpha value is -2.38. The molecular weight excluding hydrogens is 379 g/mol. The molecule has 7 heteroatoms. The van der Waals surface area contributed by atoms with Crippen LogP contribution in [0.5, 0.6) is 0 Å². The number of carbonyl (C=O) groups excluding carboxylic acids is 2. The number of halogens is 1. The van der Waals surface area contributed by atoms with Gasteiger partial charge in [-0.05, 0) is 36.8 Å². The van der Waals surface area contributed by atoms with Gasteiger partial charge in [0.2, 0.25) is 5.91 Å². The van der Waals surface area contributed by atoms with E-state index < -0.39 is 5.82 Å². The van der Waals surface area contributed by atoms with Crippen molar-refractivity contribution in [3.05, 3.63) is 59.4 Å². The lowest BCUT2D eigenvalue weighted by Gasteiger charge is -2.28. The van der Waals surface area contributed by atoms with Crippen molar-refractivity contribution in [1.82, 2.24) is 5.32 Å². The molecule has 5 nitrogen and oxygen atoms in total. The number of hydrogen-bond donors (Lipinski definition) is 1. The van der Waals surface area contributed by atoms with Crippen molar-refractivity contribution in [3.63, 3.8) is 0 Å². The van der Waals surface area contributed by atoms with Gasteiger partial charge < -0.3 is 15.0 Å². The number of carbonyl (C=O) groups is 2. The van der Waals surface area contributed by atoms with E-state index >= 15 is 0 Å². The third-order valence-corrected chi connectivity index (χ3v) is 5.55. The second-order valence-corrected chi connectivity index (χ2v) is 7.55. The molecule has 2 aromatic carbocycles. The van der Waals surface area contributed by atoms with E-state index in [1.54, 1.807) is 6.07 Å². The highest BCUT2D eigenvalue weighted by molar-refractivity contribution is 8.00. The predicted molar refractivity (Wildman–Crippen MR) is 108 cm³/mol. The van der Waals surface area contributed by atoms with Crippen LogP contribution in [0, 0.1) is 5.82 Å². The maximum absolute atomic E-state index is 14.0. The van der Waals surface area contributed by atoms with Crippen LogP contribution in [0.15, 0.2) is 47.4 Å². The van der Waals surface area contributed by atoms with Crippen LogP contribution in [0.1, 0.15) is 22.8 Å². The van der Waals surface area contributed by atoms with Crippen LogP contribution in [-0.2, 0) is 16.1 Å². The summed E-state index contributed by atoms with van der Waals surface area (Å²) >= 11 is 1.12. The van der Waals surface area contributed by atoms with Crippen molar-refractivity contribution >= 4 is 29.1 Å². The minimum atomic E-state index is -0.482. The Morgan fingerprint density at radius 2 is 1.86 bits per heavy atom. The van der Waals surface area contributed by atoms with Crippen molar-refractivity contribution in [3.8, 4) is 0 Å². The zero-order valence-electron chi connectivity index (χ0n) is 15.7. The molecule has 0 saturated carbocycles. The largest absolute Gasteiger partial charge is 0.378 e. The molecule has 0 spiro atoms. The molecular formula is C21H23FN2O3S. The van der Waals surface area contributed by atoms with E-state index in [2.05, 4.69) is 10.2 Å². The van der Waals surface area contributed by atoms with E-state index in [0.29, 0.717) is 17.0 Å². The second kappa shape index (κ2) is 9.71. The molecule has 1 fully saturated rings. The number of anilines is 1. The molecule has 0 atom stereocenters. The number of nitrogens with one attached hydrogen (secondary N) is 1. The highest BCUT2D eigenvalue weighted by atomic mass is 32.2. The van der Waals surface area contributed by atoms with Crippen LogP contribution in [0.2, 0.25) is 0 Å². The highest BCUT2D eigenvalue weighted by Crippen LogP contribution is 2.23. The summed E-state index contributed by atoms with van der Waals surface area (Å²) in [5, 5.41) is 2.85. The molecule has 0 aliphatic carbocycles. The first-order valence-electron chi connectivity index (χ1n) is 9.14. The lowest BCUT2D eigenvalue weighted by Crippen LogP contribution is -2.36. The van der Waals surface area contributed by atoms with E-state index in [-0.39, 0.29) is 17.4 Å². The number of ether oxygens (including phenoxy) is 1. The lowest BCUT2D eigenvalue weighted by atomic mass is 10.1. The molecule has 148 valence electrons. The van der Waals surface area contributed by atoms with Crippen LogP contribution in [0.25, 0.3) is 0 Å². The minimum absolute atomic E-state index is 0.113. The molecule has 0 aromatic heterocycles. The SMILES string of the molecule is CC(=O)c1ccc(SCC(=O)NCc2ccc(N3CCOCC3)cc2)c(F)c1. The van der Waals surface area contributed by atoms with Gasteiger partial charge in [0.15, 0.2) is 5.78 Å². The highest BCUT2D eigenvalue weighted by Gasteiger charge is 2.12. The van der Waals surface area contributed by atoms with E-state index in [9.17, 15) is 14.0 Å². The molecule has 0 bridgehead atoms. The summed E-state index contributed by atoms with van der Waals surface area (Å²) in [6, 6.07) is 12.4. The molecule has 3 rings (SSSR count). The summed E-state index contributed by atoms with van der Waals surface area (Å²) in [6.45, 7) is 5.08. The van der Waals surface area contributed by atoms with Crippen molar-refractivity contribution in [2.45, 2.75) is 18.4 Å². The number of hydrogen-bond acceptors (Lipinski definition) is 5. The minimum Gasteiger partial charge on any atom is -0.378 e. The average molecular weight is 402 g/mol. The smallest absolute Gasteiger partial charge is 0.230 e. The second-order valence-electron chi connectivity index (χ2n) is 6.53. The van der Waals surface area contributed by atoms with Gasteiger partial charge in [-0.3, -0.25) is 9.59 Å². The van der Waals surface area contributed by atoms with E-state index in [4.69, 9.17) is 4.74 Å². The number of ketones is 1. The van der Waals surface area contributed by atoms with Crippen molar-refractivity contribution in [2.24, 2.45) is 0 Å². The number of thioether (sulfide) groups is 1. The number of rotatable bonds is 7. The fourth-order valence-corrected chi connectivity index (χ4v) is 3.63. The van der Waals surface area contributed by atoms with Crippen LogP contribution < -0.4 is 10.2 Å². The Morgan fingerprint density at radius 1 is 1.14 bits per heavy atom. The van der Waals surface area contributed by atoms with Gasteiger partial charge in [-0.2, -0.15) is 0 Å². The summed E-state index contributed by atoms with van der Waals surface area (Å²) in [5.74, 6) is -0.725.